The number of aromatic nitrogens is 3. The molecular weight excluding hydrogens is 535 g/mol. The Morgan fingerprint density at radius 3 is 2.42 bits per heavy atom. The van der Waals surface area contributed by atoms with Crippen molar-refractivity contribution >= 4 is 62.8 Å². The van der Waals surface area contributed by atoms with E-state index in [1.54, 1.807) is 36.4 Å². The van der Waals surface area contributed by atoms with E-state index < -0.39 is 11.9 Å². The first-order chi connectivity index (χ1) is 14.9. The molecule has 31 heavy (non-hydrogen) atoms. The molecule has 0 spiro atoms. The van der Waals surface area contributed by atoms with E-state index in [-0.39, 0.29) is 17.3 Å². The Morgan fingerprint density at radius 1 is 1.03 bits per heavy atom. The lowest BCUT2D eigenvalue weighted by atomic mass is 10.2. The normalized spacial score (nSPS) is 10.6. The zero-order chi connectivity index (χ0) is 22.0. The van der Waals surface area contributed by atoms with Gasteiger partial charge in [0.1, 0.15) is 11.4 Å². The summed E-state index contributed by atoms with van der Waals surface area (Å²) in [5.74, 6) is -1.45. The molecule has 4 rings (SSSR count). The van der Waals surface area contributed by atoms with Gasteiger partial charge in [0.05, 0.1) is 27.9 Å². The molecule has 4 aromatic rings. The highest BCUT2D eigenvalue weighted by Gasteiger charge is 2.20. The number of carbonyl (C=O) groups is 2. The van der Waals surface area contributed by atoms with Crippen molar-refractivity contribution in [1.29, 1.82) is 0 Å². The molecule has 0 unspecified atom stereocenters. The number of pyridine rings is 1. The minimum Gasteiger partial charge on any atom is -0.477 e. The van der Waals surface area contributed by atoms with Crippen LogP contribution in [0.1, 0.15) is 21.0 Å². The molecule has 0 bridgehead atoms. The van der Waals surface area contributed by atoms with E-state index in [0.717, 1.165) is 3.57 Å². The van der Waals surface area contributed by atoms with Gasteiger partial charge in [0.2, 0.25) is 0 Å². The van der Waals surface area contributed by atoms with Crippen LogP contribution < -0.4 is 10.1 Å². The number of carboxylic acids is 1. The third kappa shape index (κ3) is 4.72. The van der Waals surface area contributed by atoms with Gasteiger partial charge in [0.15, 0.2) is 5.69 Å². The topological polar surface area (TPSA) is 114 Å². The number of nitrogens with zero attached hydrogens (tertiary/aromatic N) is 3. The molecule has 0 aliphatic carbocycles. The van der Waals surface area contributed by atoms with Crippen molar-refractivity contribution in [2.75, 3.05) is 5.32 Å². The third-order valence-electron chi connectivity index (χ3n) is 4.09. The summed E-state index contributed by atoms with van der Waals surface area (Å²) in [5, 5.41) is 11.9. The summed E-state index contributed by atoms with van der Waals surface area (Å²) in [6, 6.07) is 15.0. The van der Waals surface area contributed by atoms with Crippen LogP contribution in [0.3, 0.4) is 0 Å². The number of carboxylic acid groups (broad SMARTS) is 1. The zero-order valence-corrected chi connectivity index (χ0v) is 18.5. The maximum absolute atomic E-state index is 13.0. The number of para-hydroxylation sites is 2. The number of hydrogen-bond acceptors (Lipinski definition) is 6. The molecule has 0 radical (unpaired) electrons. The fourth-order valence-corrected chi connectivity index (χ4v) is 3.54. The molecule has 2 N–H and O–H groups in total. The SMILES string of the molecule is O=C(O)c1ccc(NC(=O)c2nc3ccccc3nc2Oc2ccc(I)cc2Cl)cn1. The van der Waals surface area contributed by atoms with Crippen molar-refractivity contribution in [3.63, 3.8) is 0 Å². The van der Waals surface area contributed by atoms with E-state index in [2.05, 4.69) is 42.9 Å². The Kier molecular flexibility index (Phi) is 5.96. The Hall–Kier alpha value is -3.31. The molecule has 0 aliphatic heterocycles. The molecule has 0 aliphatic rings. The van der Waals surface area contributed by atoms with E-state index in [1.165, 1.54) is 18.3 Å². The summed E-state index contributed by atoms with van der Waals surface area (Å²) in [4.78, 5) is 36.5. The minimum absolute atomic E-state index is 0.0191. The average molecular weight is 547 g/mol. The van der Waals surface area contributed by atoms with Gasteiger partial charge in [-0.2, -0.15) is 0 Å². The predicted molar refractivity (Wildman–Crippen MR) is 123 cm³/mol. The summed E-state index contributed by atoms with van der Waals surface area (Å²) < 4.78 is 6.78. The number of anilines is 1. The molecule has 10 heteroatoms. The van der Waals surface area contributed by atoms with Crippen LogP contribution in [0.5, 0.6) is 11.6 Å². The van der Waals surface area contributed by atoms with Gasteiger partial charge in [0, 0.05) is 3.57 Å². The van der Waals surface area contributed by atoms with Gasteiger partial charge in [-0.1, -0.05) is 23.7 Å². The predicted octanol–water partition coefficient (Wildman–Crippen LogP) is 5.03. The number of hydrogen-bond donors (Lipinski definition) is 2. The molecule has 1 amide bonds. The van der Waals surface area contributed by atoms with Crippen LogP contribution in [0.2, 0.25) is 5.02 Å². The number of fused-ring (bicyclic) bond motifs is 1. The minimum atomic E-state index is -1.16. The average Bonchev–Trinajstić information content (AvgIpc) is 2.75. The van der Waals surface area contributed by atoms with E-state index in [4.69, 9.17) is 21.4 Å². The number of halogens is 2. The maximum atomic E-state index is 13.0. The molecule has 0 saturated heterocycles. The first-order valence-electron chi connectivity index (χ1n) is 8.81. The molecule has 2 aromatic heterocycles. The molecule has 2 heterocycles. The smallest absolute Gasteiger partial charge is 0.354 e. The van der Waals surface area contributed by atoms with Gasteiger partial charge in [0.25, 0.3) is 11.8 Å². The highest BCUT2D eigenvalue weighted by Crippen LogP contribution is 2.32. The van der Waals surface area contributed by atoms with Gasteiger partial charge in [-0.05, 0) is 65.1 Å². The van der Waals surface area contributed by atoms with Crippen LogP contribution in [0.4, 0.5) is 5.69 Å². The summed E-state index contributed by atoms with van der Waals surface area (Å²) in [6.07, 6.45) is 1.24. The quantitative estimate of drug-likeness (QED) is 0.338. The summed E-state index contributed by atoms with van der Waals surface area (Å²) in [6.45, 7) is 0. The van der Waals surface area contributed by atoms with Crippen LogP contribution in [0.15, 0.2) is 60.8 Å². The number of amides is 1. The van der Waals surface area contributed by atoms with Crippen LogP contribution in [-0.2, 0) is 0 Å². The highest BCUT2D eigenvalue weighted by atomic mass is 127. The monoisotopic (exact) mass is 546 g/mol. The Bertz CT molecular complexity index is 1310. The van der Waals surface area contributed by atoms with Gasteiger partial charge in [-0.25, -0.2) is 19.7 Å². The molecule has 0 saturated carbocycles. The van der Waals surface area contributed by atoms with Crippen molar-refractivity contribution in [2.45, 2.75) is 0 Å². The second kappa shape index (κ2) is 8.82. The largest absolute Gasteiger partial charge is 0.477 e. The Labute approximate surface area is 194 Å². The van der Waals surface area contributed by atoms with Crippen molar-refractivity contribution in [3.05, 3.63) is 80.8 Å². The van der Waals surface area contributed by atoms with E-state index in [9.17, 15) is 9.59 Å². The molecular formula is C21H12ClIN4O4. The fraction of sp³-hybridized carbons (Fsp3) is 0. The van der Waals surface area contributed by atoms with Crippen LogP contribution in [-0.4, -0.2) is 31.9 Å². The lowest BCUT2D eigenvalue weighted by molar-refractivity contribution is 0.0690. The molecule has 0 atom stereocenters. The van der Waals surface area contributed by atoms with Gasteiger partial charge in [-0.15, -0.1) is 0 Å². The third-order valence-corrected chi connectivity index (χ3v) is 5.06. The van der Waals surface area contributed by atoms with E-state index in [0.29, 0.717) is 27.5 Å². The van der Waals surface area contributed by atoms with Crippen molar-refractivity contribution < 1.29 is 19.4 Å². The van der Waals surface area contributed by atoms with E-state index >= 15 is 0 Å². The second-order valence-electron chi connectivity index (χ2n) is 6.23. The lowest BCUT2D eigenvalue weighted by Gasteiger charge is -2.12. The van der Waals surface area contributed by atoms with Crippen LogP contribution in [0.25, 0.3) is 11.0 Å². The number of aromatic carboxylic acids is 1. The number of rotatable bonds is 5. The van der Waals surface area contributed by atoms with Gasteiger partial charge >= 0.3 is 5.97 Å². The number of benzene rings is 2. The van der Waals surface area contributed by atoms with Crippen molar-refractivity contribution in [2.24, 2.45) is 0 Å². The number of carbonyl (C=O) groups excluding carboxylic acids is 1. The first kappa shape index (κ1) is 20.9. The highest BCUT2D eigenvalue weighted by molar-refractivity contribution is 14.1. The molecule has 154 valence electrons. The molecule has 8 nitrogen and oxygen atoms in total. The lowest BCUT2D eigenvalue weighted by Crippen LogP contribution is -2.16. The van der Waals surface area contributed by atoms with Gasteiger partial charge in [-0.3, -0.25) is 4.79 Å². The summed E-state index contributed by atoms with van der Waals surface area (Å²) in [5.41, 5.74) is 1.15. The fourth-order valence-electron chi connectivity index (χ4n) is 2.65. The second-order valence-corrected chi connectivity index (χ2v) is 7.89. The van der Waals surface area contributed by atoms with Crippen LogP contribution >= 0.6 is 34.2 Å². The van der Waals surface area contributed by atoms with Crippen molar-refractivity contribution in [3.8, 4) is 11.6 Å². The van der Waals surface area contributed by atoms with Crippen LogP contribution in [0, 0.1) is 3.57 Å². The number of nitrogens with one attached hydrogen (secondary N) is 1. The standard InChI is InChI=1S/C21H12ClIN4O4/c22-13-9-11(23)5-8-17(13)31-20-18(26-14-3-1-2-4-15(14)27-20)19(28)25-12-6-7-16(21(29)30)24-10-12/h1-10H,(H,25,28)(H,29,30). The first-order valence-corrected chi connectivity index (χ1v) is 10.3. The summed E-state index contributed by atoms with van der Waals surface area (Å²) >= 11 is 8.39. The number of ether oxygens (including phenoxy) is 1. The van der Waals surface area contributed by atoms with Crippen molar-refractivity contribution in [1.82, 2.24) is 15.0 Å². The molecule has 2 aromatic carbocycles. The maximum Gasteiger partial charge on any atom is 0.354 e. The Balaban J connectivity index is 1.71. The summed E-state index contributed by atoms with van der Waals surface area (Å²) in [7, 11) is 0. The van der Waals surface area contributed by atoms with E-state index in [1.807, 2.05) is 6.07 Å². The Morgan fingerprint density at radius 2 is 1.77 bits per heavy atom. The van der Waals surface area contributed by atoms with Gasteiger partial charge < -0.3 is 15.2 Å². The zero-order valence-electron chi connectivity index (χ0n) is 15.5. The molecule has 0 fully saturated rings.